The largest absolute Gasteiger partial charge is 0.463 e. The normalized spacial score (nSPS) is 12.3. The van der Waals surface area contributed by atoms with Crippen LogP contribution in [0.25, 0.3) is 0 Å². The zero-order chi connectivity index (χ0) is 17.5. The molecule has 2 amide bonds. The molecule has 1 atom stereocenters. The lowest BCUT2D eigenvalue weighted by atomic mass is 10.0. The molecule has 0 fully saturated rings. The molecule has 6 nitrogen and oxygen atoms in total. The Hall–Kier alpha value is -2.60. The van der Waals surface area contributed by atoms with Gasteiger partial charge in [-0.3, -0.25) is 9.59 Å². The van der Waals surface area contributed by atoms with Crippen molar-refractivity contribution in [1.29, 1.82) is 0 Å². The van der Waals surface area contributed by atoms with Crippen LogP contribution in [0.5, 0.6) is 0 Å². The van der Waals surface area contributed by atoms with Gasteiger partial charge >= 0.3 is 0 Å². The lowest BCUT2D eigenvalue weighted by Crippen LogP contribution is -2.48. The fourth-order valence-corrected chi connectivity index (χ4v) is 2.08. The van der Waals surface area contributed by atoms with E-state index >= 15 is 0 Å². The van der Waals surface area contributed by atoms with Gasteiger partial charge in [0.15, 0.2) is 0 Å². The molecule has 0 bridgehead atoms. The van der Waals surface area contributed by atoms with Crippen molar-refractivity contribution < 1.29 is 14.0 Å². The Balaban J connectivity index is 1.98. The molecule has 0 spiro atoms. The fourth-order valence-electron chi connectivity index (χ4n) is 1.95. The van der Waals surface area contributed by atoms with Crippen molar-refractivity contribution in [2.24, 2.45) is 11.0 Å². The average molecular weight is 348 g/mol. The quantitative estimate of drug-likeness (QED) is 0.622. The number of amides is 2. The number of rotatable bonds is 6. The molecule has 1 heterocycles. The molecule has 2 rings (SSSR count). The molecule has 7 heteroatoms. The molecular weight excluding hydrogens is 330 g/mol. The van der Waals surface area contributed by atoms with Gasteiger partial charge in [-0.1, -0.05) is 25.4 Å². The Morgan fingerprint density at radius 3 is 2.50 bits per heavy atom. The van der Waals surface area contributed by atoms with Crippen LogP contribution in [-0.2, 0) is 4.79 Å². The average Bonchev–Trinajstić information content (AvgIpc) is 3.06. The number of benzene rings is 1. The maximum absolute atomic E-state index is 12.2. The third-order valence-electron chi connectivity index (χ3n) is 3.25. The molecule has 1 aromatic heterocycles. The van der Waals surface area contributed by atoms with Gasteiger partial charge in [0.25, 0.3) is 11.8 Å². The van der Waals surface area contributed by atoms with Crippen molar-refractivity contribution in [2.45, 2.75) is 19.9 Å². The Morgan fingerprint density at radius 1 is 1.21 bits per heavy atom. The maximum atomic E-state index is 12.2. The summed E-state index contributed by atoms with van der Waals surface area (Å²) >= 11 is 5.80. The number of nitrogens with one attached hydrogen (secondary N) is 2. The molecule has 2 aromatic rings. The van der Waals surface area contributed by atoms with Crippen LogP contribution in [0, 0.1) is 5.92 Å². The van der Waals surface area contributed by atoms with Crippen molar-refractivity contribution in [1.82, 2.24) is 10.7 Å². The van der Waals surface area contributed by atoms with Gasteiger partial charge in [-0.05, 0) is 42.3 Å². The van der Waals surface area contributed by atoms with E-state index in [1.54, 1.807) is 36.4 Å². The minimum atomic E-state index is -0.720. The van der Waals surface area contributed by atoms with Crippen molar-refractivity contribution in [3.63, 3.8) is 0 Å². The highest BCUT2D eigenvalue weighted by Gasteiger charge is 2.24. The lowest BCUT2D eigenvalue weighted by Gasteiger charge is -2.20. The molecule has 126 valence electrons. The molecule has 0 saturated carbocycles. The highest BCUT2D eigenvalue weighted by Crippen LogP contribution is 2.10. The number of carbonyl (C=O) groups excluding carboxylic acids is 2. The lowest BCUT2D eigenvalue weighted by molar-refractivity contribution is -0.123. The van der Waals surface area contributed by atoms with Crippen LogP contribution >= 0.6 is 11.6 Å². The second kappa shape index (κ2) is 8.31. The summed E-state index contributed by atoms with van der Waals surface area (Å²) in [6.45, 7) is 3.67. The van der Waals surface area contributed by atoms with Gasteiger partial charge in [0.05, 0.1) is 12.5 Å². The summed E-state index contributed by atoms with van der Waals surface area (Å²) in [6, 6.07) is 9.14. The first-order valence-electron chi connectivity index (χ1n) is 7.40. The van der Waals surface area contributed by atoms with Crippen LogP contribution in [0.4, 0.5) is 0 Å². The summed E-state index contributed by atoms with van der Waals surface area (Å²) in [5.74, 6) is -0.354. The fraction of sp³-hybridized carbons (Fsp3) is 0.235. The van der Waals surface area contributed by atoms with E-state index in [-0.39, 0.29) is 11.8 Å². The van der Waals surface area contributed by atoms with E-state index in [1.165, 1.54) is 12.5 Å². The maximum Gasteiger partial charge on any atom is 0.262 e. The minimum absolute atomic E-state index is 0.111. The molecule has 0 aliphatic rings. The van der Waals surface area contributed by atoms with Crippen molar-refractivity contribution in [2.75, 3.05) is 0 Å². The number of hydrogen-bond acceptors (Lipinski definition) is 4. The first-order chi connectivity index (χ1) is 11.5. The first-order valence-corrected chi connectivity index (χ1v) is 7.78. The van der Waals surface area contributed by atoms with Crippen molar-refractivity contribution in [3.8, 4) is 0 Å². The van der Waals surface area contributed by atoms with Gasteiger partial charge in [-0.25, -0.2) is 5.43 Å². The Labute approximate surface area is 144 Å². The molecule has 2 N–H and O–H groups in total. The molecule has 0 aliphatic carbocycles. The molecule has 0 radical (unpaired) electrons. The zero-order valence-electron chi connectivity index (χ0n) is 13.3. The number of carbonyl (C=O) groups is 2. The van der Waals surface area contributed by atoms with Crippen molar-refractivity contribution >= 4 is 29.6 Å². The van der Waals surface area contributed by atoms with Gasteiger partial charge in [0, 0.05) is 10.6 Å². The van der Waals surface area contributed by atoms with Gasteiger partial charge < -0.3 is 9.73 Å². The molecule has 0 aliphatic heterocycles. The van der Waals surface area contributed by atoms with E-state index in [2.05, 4.69) is 15.8 Å². The SMILES string of the molecule is CC(C)C(NC(=O)c1ccc(Cl)cc1)C(=O)NN=Cc1ccco1. The second-order valence-corrected chi connectivity index (χ2v) is 5.89. The van der Waals surface area contributed by atoms with E-state index < -0.39 is 11.9 Å². The summed E-state index contributed by atoms with van der Waals surface area (Å²) in [4.78, 5) is 24.5. The van der Waals surface area contributed by atoms with E-state index in [4.69, 9.17) is 16.0 Å². The van der Waals surface area contributed by atoms with Gasteiger partial charge in [0.2, 0.25) is 0 Å². The smallest absolute Gasteiger partial charge is 0.262 e. The number of nitrogens with zero attached hydrogens (tertiary/aromatic N) is 1. The van der Waals surface area contributed by atoms with Crippen LogP contribution in [-0.4, -0.2) is 24.1 Å². The zero-order valence-corrected chi connectivity index (χ0v) is 14.1. The Kier molecular flexibility index (Phi) is 6.14. The molecule has 1 aromatic carbocycles. The third kappa shape index (κ3) is 4.96. The third-order valence-corrected chi connectivity index (χ3v) is 3.50. The number of halogens is 1. The topological polar surface area (TPSA) is 83.7 Å². The second-order valence-electron chi connectivity index (χ2n) is 5.45. The molecule has 1 unspecified atom stereocenters. The van der Waals surface area contributed by atoms with Gasteiger partial charge in [-0.15, -0.1) is 0 Å². The number of hydrazone groups is 1. The number of furan rings is 1. The van der Waals surface area contributed by atoms with E-state index in [1.807, 2.05) is 13.8 Å². The van der Waals surface area contributed by atoms with Crippen LogP contribution in [0.3, 0.4) is 0 Å². The van der Waals surface area contributed by atoms with Crippen LogP contribution in [0.2, 0.25) is 5.02 Å². The van der Waals surface area contributed by atoms with Crippen molar-refractivity contribution in [3.05, 3.63) is 59.0 Å². The molecular formula is C17H18ClN3O3. The number of hydrogen-bond donors (Lipinski definition) is 2. The summed E-state index contributed by atoms with van der Waals surface area (Å²) < 4.78 is 5.07. The van der Waals surface area contributed by atoms with Gasteiger partial charge in [-0.2, -0.15) is 5.10 Å². The Bertz CT molecular complexity index is 709. The first kappa shape index (κ1) is 17.7. The highest BCUT2D eigenvalue weighted by molar-refractivity contribution is 6.30. The van der Waals surface area contributed by atoms with Crippen LogP contribution in [0.1, 0.15) is 30.0 Å². The van der Waals surface area contributed by atoms with E-state index in [0.29, 0.717) is 16.3 Å². The molecule has 24 heavy (non-hydrogen) atoms. The van der Waals surface area contributed by atoms with Gasteiger partial charge in [0.1, 0.15) is 11.8 Å². The highest BCUT2D eigenvalue weighted by atomic mass is 35.5. The van der Waals surface area contributed by atoms with E-state index in [0.717, 1.165) is 0 Å². The monoisotopic (exact) mass is 347 g/mol. The minimum Gasteiger partial charge on any atom is -0.463 e. The van der Waals surface area contributed by atoms with E-state index in [9.17, 15) is 9.59 Å². The van der Waals surface area contributed by atoms with Crippen LogP contribution in [0.15, 0.2) is 52.2 Å². The summed E-state index contributed by atoms with van der Waals surface area (Å²) in [5.41, 5.74) is 2.83. The summed E-state index contributed by atoms with van der Waals surface area (Å²) in [7, 11) is 0. The molecule has 0 saturated heterocycles. The summed E-state index contributed by atoms with van der Waals surface area (Å²) in [5, 5.41) is 7.06. The predicted molar refractivity (Wildman–Crippen MR) is 92.0 cm³/mol. The standard InChI is InChI=1S/C17H18ClN3O3/c1-11(2)15(17(23)21-19-10-14-4-3-9-24-14)20-16(22)12-5-7-13(18)8-6-12/h3-11,15H,1-2H3,(H,20,22)(H,21,23). The predicted octanol–water partition coefficient (Wildman–Crippen LogP) is 2.84. The summed E-state index contributed by atoms with van der Waals surface area (Å²) in [6.07, 6.45) is 2.89. The Morgan fingerprint density at radius 2 is 1.92 bits per heavy atom. The van der Waals surface area contributed by atoms with Crippen LogP contribution < -0.4 is 10.7 Å².